The van der Waals surface area contributed by atoms with Gasteiger partial charge in [-0.05, 0) is 79.2 Å². The van der Waals surface area contributed by atoms with Gasteiger partial charge in [0, 0.05) is 21.9 Å². The molecule has 0 atom stereocenters. The van der Waals surface area contributed by atoms with Crippen molar-refractivity contribution in [1.29, 1.82) is 0 Å². The molecule has 0 aliphatic rings. The van der Waals surface area contributed by atoms with Gasteiger partial charge >= 0.3 is 0 Å². The Morgan fingerprint density at radius 3 is 1.65 bits per heavy atom. The smallest absolute Gasteiger partial charge is 0.167 e. The molecule has 57 heavy (non-hydrogen) atoms. The molecule has 0 fully saturated rings. The summed E-state index contributed by atoms with van der Waals surface area (Å²) in [6.07, 6.45) is 0. The van der Waals surface area contributed by atoms with E-state index in [2.05, 4.69) is 176 Å². The average Bonchev–Trinajstić information content (AvgIpc) is 3.68. The van der Waals surface area contributed by atoms with Crippen LogP contribution in [0.25, 0.3) is 111 Å². The lowest BCUT2D eigenvalue weighted by molar-refractivity contribution is 0.669. The van der Waals surface area contributed by atoms with Gasteiger partial charge in [-0.2, -0.15) is 0 Å². The minimum atomic E-state index is 0.551. The van der Waals surface area contributed by atoms with Crippen LogP contribution in [-0.2, 0) is 0 Å². The molecule has 0 spiro atoms. The van der Waals surface area contributed by atoms with E-state index in [1.165, 1.54) is 11.1 Å². The number of para-hydroxylation sites is 2. The van der Waals surface area contributed by atoms with Crippen LogP contribution in [0.4, 0.5) is 0 Å². The summed E-state index contributed by atoms with van der Waals surface area (Å²) >= 11 is 0. The molecule has 0 unspecified atom stereocenters. The summed E-state index contributed by atoms with van der Waals surface area (Å²) in [5.41, 5.74) is 11.1. The molecule has 9 aromatic carbocycles. The Kier molecular flexibility index (Phi) is 7.78. The van der Waals surface area contributed by atoms with E-state index in [1.807, 2.05) is 24.3 Å². The van der Waals surface area contributed by atoms with E-state index in [0.717, 1.165) is 82.4 Å². The maximum absolute atomic E-state index is 6.57. The molecule has 0 aliphatic carbocycles. The number of aromatic nitrogens is 3. The number of fused-ring (bicyclic) bond motifs is 5. The highest BCUT2D eigenvalue weighted by Gasteiger charge is 2.22. The highest BCUT2D eigenvalue weighted by molar-refractivity contribution is 6.10. The Balaban J connectivity index is 1.18. The Morgan fingerprint density at radius 1 is 0.298 bits per heavy atom. The van der Waals surface area contributed by atoms with Crippen LogP contribution in [-0.4, -0.2) is 15.0 Å². The minimum Gasteiger partial charge on any atom is -0.455 e. The summed E-state index contributed by atoms with van der Waals surface area (Å²) in [6, 6.07) is 69.9. The first-order chi connectivity index (χ1) is 28.3. The fraction of sp³-hybridized carbons (Fsp3) is 0. The van der Waals surface area contributed by atoms with E-state index >= 15 is 0 Å². The molecule has 11 rings (SSSR count). The van der Waals surface area contributed by atoms with Crippen molar-refractivity contribution in [3.8, 4) is 67.5 Å². The predicted octanol–water partition coefficient (Wildman–Crippen LogP) is 14.1. The molecule has 0 amide bonds. The van der Waals surface area contributed by atoms with E-state index in [0.29, 0.717) is 17.5 Å². The fourth-order valence-corrected chi connectivity index (χ4v) is 8.27. The molecule has 266 valence electrons. The zero-order valence-electron chi connectivity index (χ0n) is 30.8. The summed E-state index contributed by atoms with van der Waals surface area (Å²) in [4.78, 5) is 16.1. The van der Waals surface area contributed by atoms with Crippen molar-refractivity contribution in [2.75, 3.05) is 0 Å². The molecule has 0 saturated heterocycles. The molecule has 0 bridgehead atoms. The van der Waals surface area contributed by atoms with Gasteiger partial charge < -0.3 is 4.42 Å². The highest BCUT2D eigenvalue weighted by Crippen LogP contribution is 2.42. The third-order valence-corrected chi connectivity index (χ3v) is 11.0. The van der Waals surface area contributed by atoms with Gasteiger partial charge in [-0.1, -0.05) is 176 Å². The molecule has 0 radical (unpaired) electrons. The molecule has 2 aromatic heterocycles. The first-order valence-electron chi connectivity index (χ1n) is 19.2. The molecular formula is C53H33N3O. The van der Waals surface area contributed by atoms with E-state index in [-0.39, 0.29) is 0 Å². The minimum absolute atomic E-state index is 0.551. The van der Waals surface area contributed by atoms with Crippen molar-refractivity contribution >= 4 is 43.5 Å². The van der Waals surface area contributed by atoms with E-state index in [1.54, 1.807) is 0 Å². The molecule has 2 heterocycles. The van der Waals surface area contributed by atoms with Gasteiger partial charge in [-0.15, -0.1) is 0 Å². The lowest BCUT2D eigenvalue weighted by Gasteiger charge is -2.16. The third-order valence-electron chi connectivity index (χ3n) is 11.0. The monoisotopic (exact) mass is 727 g/mol. The molecule has 0 aliphatic heterocycles. The zero-order valence-corrected chi connectivity index (χ0v) is 30.8. The summed E-state index contributed by atoms with van der Waals surface area (Å²) in [5, 5.41) is 6.45. The summed E-state index contributed by atoms with van der Waals surface area (Å²) < 4.78 is 6.57. The van der Waals surface area contributed by atoms with Gasteiger partial charge in [0.1, 0.15) is 11.2 Å². The van der Waals surface area contributed by atoms with Crippen molar-refractivity contribution in [1.82, 2.24) is 15.0 Å². The van der Waals surface area contributed by atoms with Crippen LogP contribution in [0.3, 0.4) is 0 Å². The molecule has 11 aromatic rings. The second-order valence-electron chi connectivity index (χ2n) is 14.3. The normalized spacial score (nSPS) is 11.5. The number of hydrogen-bond acceptors (Lipinski definition) is 4. The summed E-state index contributed by atoms with van der Waals surface area (Å²) in [5.74, 6) is 1.74. The SMILES string of the molecule is c1ccc(-c2cccc(-c3ccc(-c4nc(-c5c(-c6ccccc6)ccc6ccccc56)nc(-c5cccc6c5oc5ccccc56)n4)c4ccccc34)c2)cc1. The highest BCUT2D eigenvalue weighted by atomic mass is 16.3. The zero-order chi connectivity index (χ0) is 37.7. The van der Waals surface area contributed by atoms with E-state index in [9.17, 15) is 0 Å². The largest absolute Gasteiger partial charge is 0.455 e. The number of nitrogens with zero attached hydrogens (tertiary/aromatic N) is 3. The molecule has 4 heteroatoms. The quantitative estimate of drug-likeness (QED) is 0.171. The van der Waals surface area contributed by atoms with Gasteiger partial charge in [0.05, 0.1) is 5.56 Å². The fourth-order valence-electron chi connectivity index (χ4n) is 8.27. The number of hydrogen-bond donors (Lipinski definition) is 0. The maximum atomic E-state index is 6.57. The van der Waals surface area contributed by atoms with Crippen molar-refractivity contribution in [3.63, 3.8) is 0 Å². The Labute approximate surface area is 329 Å². The second kappa shape index (κ2) is 13.6. The maximum Gasteiger partial charge on any atom is 0.167 e. The Bertz CT molecular complexity index is 3300. The van der Waals surface area contributed by atoms with Crippen molar-refractivity contribution in [2.24, 2.45) is 0 Å². The number of furan rings is 1. The van der Waals surface area contributed by atoms with Gasteiger partial charge in [0.25, 0.3) is 0 Å². The van der Waals surface area contributed by atoms with Gasteiger partial charge in [-0.3, -0.25) is 0 Å². The van der Waals surface area contributed by atoms with Gasteiger partial charge in [-0.25, -0.2) is 15.0 Å². The molecule has 4 nitrogen and oxygen atoms in total. The average molecular weight is 728 g/mol. The summed E-state index contributed by atoms with van der Waals surface area (Å²) in [6.45, 7) is 0. The van der Waals surface area contributed by atoms with Crippen LogP contribution < -0.4 is 0 Å². The Hall–Kier alpha value is -7.69. The second-order valence-corrected chi connectivity index (χ2v) is 14.3. The van der Waals surface area contributed by atoms with E-state index in [4.69, 9.17) is 19.4 Å². The van der Waals surface area contributed by atoms with E-state index < -0.39 is 0 Å². The van der Waals surface area contributed by atoms with Crippen LogP contribution in [0.15, 0.2) is 205 Å². The predicted molar refractivity (Wildman–Crippen MR) is 235 cm³/mol. The lowest BCUT2D eigenvalue weighted by Crippen LogP contribution is -2.02. The first kappa shape index (κ1) is 32.7. The van der Waals surface area contributed by atoms with Gasteiger partial charge in [0.15, 0.2) is 17.5 Å². The topological polar surface area (TPSA) is 51.8 Å². The Morgan fingerprint density at radius 2 is 0.842 bits per heavy atom. The van der Waals surface area contributed by atoms with Gasteiger partial charge in [0.2, 0.25) is 0 Å². The third kappa shape index (κ3) is 5.66. The number of benzene rings is 9. The number of rotatable bonds is 6. The lowest BCUT2D eigenvalue weighted by atomic mass is 9.92. The van der Waals surface area contributed by atoms with Crippen molar-refractivity contribution in [2.45, 2.75) is 0 Å². The molecule has 0 N–H and O–H groups in total. The van der Waals surface area contributed by atoms with Crippen LogP contribution >= 0.6 is 0 Å². The van der Waals surface area contributed by atoms with Crippen molar-refractivity contribution in [3.05, 3.63) is 200 Å². The molecular weight excluding hydrogens is 695 g/mol. The van der Waals surface area contributed by atoms with Crippen molar-refractivity contribution < 1.29 is 4.42 Å². The standard InChI is InChI=1S/C53H33N3O/c1-3-15-34(16-4-1)37-20-13-21-38(33-37)39-31-32-46(43-24-10-9-23-42(39)43)51-54-52(47-27-14-26-45-44-25-11-12-28-48(44)57-50(45)47)56-53(55-51)49-40-22-8-7-19-36(40)29-30-41(49)35-17-5-2-6-18-35/h1-33H. The molecule has 0 saturated carbocycles. The summed E-state index contributed by atoms with van der Waals surface area (Å²) in [7, 11) is 0. The van der Waals surface area contributed by atoms with Crippen LogP contribution in [0.5, 0.6) is 0 Å². The van der Waals surface area contributed by atoms with Crippen LogP contribution in [0.1, 0.15) is 0 Å². The van der Waals surface area contributed by atoms with Crippen LogP contribution in [0, 0.1) is 0 Å². The van der Waals surface area contributed by atoms with Crippen LogP contribution in [0.2, 0.25) is 0 Å². The first-order valence-corrected chi connectivity index (χ1v) is 19.2.